The standard InChI is InChI=1S/C15H18N2O3/c1-14(2,3)19-20-15(10-16,11-17)9-12-5-7-13(18-4)8-6-12/h5-8H,9H2,1-4H3. The molecule has 0 saturated heterocycles. The highest BCUT2D eigenvalue weighted by Crippen LogP contribution is 2.22. The van der Waals surface area contributed by atoms with Gasteiger partial charge in [0.2, 0.25) is 0 Å². The number of ether oxygens (including phenoxy) is 1. The van der Waals surface area contributed by atoms with E-state index in [-0.39, 0.29) is 6.42 Å². The molecule has 0 N–H and O–H groups in total. The van der Waals surface area contributed by atoms with Crippen molar-refractivity contribution < 1.29 is 14.5 Å². The number of rotatable bonds is 5. The summed E-state index contributed by atoms with van der Waals surface area (Å²) in [5.74, 6) is 0.708. The molecule has 0 aromatic heterocycles. The molecule has 1 aromatic rings. The molecule has 1 rings (SSSR count). The Morgan fingerprint density at radius 1 is 1.00 bits per heavy atom. The van der Waals surface area contributed by atoms with Crippen LogP contribution < -0.4 is 4.74 Å². The van der Waals surface area contributed by atoms with Crippen LogP contribution in [0.15, 0.2) is 24.3 Å². The minimum atomic E-state index is -1.66. The van der Waals surface area contributed by atoms with Crippen molar-refractivity contribution in [2.45, 2.75) is 38.4 Å². The van der Waals surface area contributed by atoms with Crippen LogP contribution in [0.1, 0.15) is 26.3 Å². The first-order valence-corrected chi connectivity index (χ1v) is 6.16. The predicted octanol–water partition coefficient (Wildman–Crippen LogP) is 2.77. The molecule has 1 aromatic carbocycles. The largest absolute Gasteiger partial charge is 0.497 e. The van der Waals surface area contributed by atoms with Gasteiger partial charge in [0.15, 0.2) is 0 Å². The highest BCUT2D eigenvalue weighted by Gasteiger charge is 2.35. The molecule has 20 heavy (non-hydrogen) atoms. The molecule has 0 aliphatic rings. The van der Waals surface area contributed by atoms with Gasteiger partial charge in [-0.3, -0.25) is 0 Å². The van der Waals surface area contributed by atoms with Crippen LogP contribution in [0.5, 0.6) is 5.75 Å². The molecule has 0 unspecified atom stereocenters. The summed E-state index contributed by atoms with van der Waals surface area (Å²) in [6.07, 6.45) is 0.111. The van der Waals surface area contributed by atoms with Gasteiger partial charge in [-0.1, -0.05) is 12.1 Å². The van der Waals surface area contributed by atoms with E-state index < -0.39 is 11.2 Å². The van der Waals surface area contributed by atoms with Gasteiger partial charge in [0, 0.05) is 6.42 Å². The fourth-order valence-electron chi connectivity index (χ4n) is 1.40. The Kier molecular flexibility index (Phi) is 5.10. The van der Waals surface area contributed by atoms with Crippen LogP contribution in [-0.2, 0) is 16.2 Å². The van der Waals surface area contributed by atoms with Crippen molar-refractivity contribution in [1.29, 1.82) is 10.5 Å². The fourth-order valence-corrected chi connectivity index (χ4v) is 1.40. The number of hydrogen-bond donors (Lipinski definition) is 0. The SMILES string of the molecule is COc1ccc(CC(C#N)(C#N)OOC(C)(C)C)cc1. The number of hydrogen-bond acceptors (Lipinski definition) is 5. The Labute approximate surface area is 119 Å². The molecule has 0 spiro atoms. The van der Waals surface area contributed by atoms with Crippen molar-refractivity contribution in [3.05, 3.63) is 29.8 Å². The Morgan fingerprint density at radius 3 is 1.95 bits per heavy atom. The molecule has 0 fully saturated rings. The van der Waals surface area contributed by atoms with Crippen LogP contribution in [0.2, 0.25) is 0 Å². The average Bonchev–Trinajstić information content (AvgIpc) is 2.43. The molecule has 0 saturated carbocycles. The summed E-state index contributed by atoms with van der Waals surface area (Å²) in [5.41, 5.74) is -1.48. The lowest BCUT2D eigenvalue weighted by molar-refractivity contribution is -0.379. The number of nitrogens with zero attached hydrogens (tertiary/aromatic N) is 2. The normalized spacial score (nSPS) is 11.5. The molecule has 0 aliphatic carbocycles. The Hall–Kier alpha value is -2.08. The second-order valence-electron chi connectivity index (χ2n) is 5.35. The summed E-state index contributed by atoms with van der Waals surface area (Å²) in [5, 5.41) is 18.5. The fraction of sp³-hybridized carbons (Fsp3) is 0.467. The summed E-state index contributed by atoms with van der Waals surface area (Å²) in [6.45, 7) is 5.33. The van der Waals surface area contributed by atoms with E-state index >= 15 is 0 Å². The smallest absolute Gasteiger partial charge is 0.277 e. The summed E-state index contributed by atoms with van der Waals surface area (Å²) in [4.78, 5) is 10.2. The van der Waals surface area contributed by atoms with E-state index in [1.54, 1.807) is 52.1 Å². The van der Waals surface area contributed by atoms with Crippen molar-refractivity contribution in [1.82, 2.24) is 0 Å². The summed E-state index contributed by atoms with van der Waals surface area (Å²) < 4.78 is 5.06. The van der Waals surface area contributed by atoms with Gasteiger partial charge in [0.25, 0.3) is 5.60 Å². The van der Waals surface area contributed by atoms with Crippen LogP contribution >= 0.6 is 0 Å². The average molecular weight is 274 g/mol. The zero-order chi connectivity index (χ0) is 15.2. The van der Waals surface area contributed by atoms with Crippen LogP contribution in [0.4, 0.5) is 0 Å². The maximum atomic E-state index is 9.23. The lowest BCUT2D eigenvalue weighted by Gasteiger charge is -2.24. The van der Waals surface area contributed by atoms with E-state index in [9.17, 15) is 10.5 Å². The lowest BCUT2D eigenvalue weighted by atomic mass is 9.97. The van der Waals surface area contributed by atoms with Gasteiger partial charge in [0.1, 0.15) is 17.9 Å². The summed E-state index contributed by atoms with van der Waals surface area (Å²) in [6, 6.07) is 10.8. The third kappa shape index (κ3) is 4.55. The Morgan fingerprint density at radius 2 is 1.55 bits per heavy atom. The van der Waals surface area contributed by atoms with Gasteiger partial charge in [0.05, 0.1) is 12.7 Å². The highest BCUT2D eigenvalue weighted by molar-refractivity contribution is 5.31. The Bertz CT molecular complexity index is 504. The van der Waals surface area contributed by atoms with Crippen molar-refractivity contribution in [3.8, 4) is 17.9 Å². The predicted molar refractivity (Wildman–Crippen MR) is 72.6 cm³/mol. The Balaban J connectivity index is 2.86. The highest BCUT2D eigenvalue weighted by atomic mass is 17.2. The van der Waals surface area contributed by atoms with Crippen LogP contribution in [0.25, 0.3) is 0 Å². The monoisotopic (exact) mass is 274 g/mol. The lowest BCUT2D eigenvalue weighted by Crippen LogP contribution is -2.35. The molecule has 106 valence electrons. The van der Waals surface area contributed by atoms with Gasteiger partial charge in [-0.25, -0.2) is 4.89 Å². The van der Waals surface area contributed by atoms with Crippen molar-refractivity contribution >= 4 is 0 Å². The topological polar surface area (TPSA) is 75.3 Å². The molecule has 0 aliphatic heterocycles. The first-order chi connectivity index (χ1) is 9.34. The van der Waals surface area contributed by atoms with E-state index in [4.69, 9.17) is 14.5 Å². The molecule has 0 bridgehead atoms. The second-order valence-corrected chi connectivity index (χ2v) is 5.35. The first kappa shape index (κ1) is 16.0. The van der Waals surface area contributed by atoms with Gasteiger partial charge >= 0.3 is 0 Å². The second kappa shape index (κ2) is 6.38. The van der Waals surface area contributed by atoms with Crippen LogP contribution in [0, 0.1) is 22.7 Å². The van der Waals surface area contributed by atoms with E-state index in [1.807, 2.05) is 12.1 Å². The van der Waals surface area contributed by atoms with Gasteiger partial charge in [-0.2, -0.15) is 15.4 Å². The van der Waals surface area contributed by atoms with Crippen LogP contribution in [0.3, 0.4) is 0 Å². The summed E-state index contributed by atoms with van der Waals surface area (Å²) >= 11 is 0. The maximum absolute atomic E-state index is 9.23. The quantitative estimate of drug-likeness (QED) is 0.609. The molecule has 5 heteroatoms. The van der Waals surface area contributed by atoms with Gasteiger partial charge < -0.3 is 4.74 Å². The van der Waals surface area contributed by atoms with Gasteiger partial charge in [-0.15, -0.1) is 0 Å². The third-order valence-corrected chi connectivity index (χ3v) is 2.41. The molecule has 0 heterocycles. The molecule has 0 amide bonds. The zero-order valence-corrected chi connectivity index (χ0v) is 12.1. The number of methoxy groups -OCH3 is 1. The maximum Gasteiger partial charge on any atom is 0.277 e. The molecule has 0 atom stereocenters. The van der Waals surface area contributed by atoms with Crippen molar-refractivity contribution in [3.63, 3.8) is 0 Å². The van der Waals surface area contributed by atoms with Crippen molar-refractivity contribution in [2.24, 2.45) is 0 Å². The van der Waals surface area contributed by atoms with E-state index in [0.717, 1.165) is 5.56 Å². The van der Waals surface area contributed by atoms with Crippen molar-refractivity contribution in [2.75, 3.05) is 7.11 Å². The van der Waals surface area contributed by atoms with E-state index in [0.29, 0.717) is 5.75 Å². The summed E-state index contributed by atoms with van der Waals surface area (Å²) in [7, 11) is 1.57. The molecule has 5 nitrogen and oxygen atoms in total. The molecule has 0 radical (unpaired) electrons. The molecular formula is C15H18N2O3. The minimum absolute atomic E-state index is 0.111. The third-order valence-electron chi connectivity index (χ3n) is 2.41. The van der Waals surface area contributed by atoms with E-state index in [1.165, 1.54) is 0 Å². The number of nitriles is 2. The first-order valence-electron chi connectivity index (χ1n) is 6.16. The van der Waals surface area contributed by atoms with E-state index in [2.05, 4.69) is 0 Å². The van der Waals surface area contributed by atoms with Crippen LogP contribution in [-0.4, -0.2) is 18.3 Å². The number of benzene rings is 1. The zero-order valence-electron chi connectivity index (χ0n) is 12.1. The minimum Gasteiger partial charge on any atom is -0.497 e. The molecular weight excluding hydrogens is 256 g/mol. The van der Waals surface area contributed by atoms with Gasteiger partial charge in [-0.05, 0) is 38.5 Å².